The first kappa shape index (κ1) is 26.1. The maximum atomic E-state index is 6.40. The van der Waals surface area contributed by atoms with Gasteiger partial charge in [0.05, 0.1) is 33.6 Å². The molecule has 0 N–H and O–H groups in total. The molecule has 7 aromatic rings. The summed E-state index contributed by atoms with van der Waals surface area (Å²) in [4.78, 5) is 10.4. The Morgan fingerprint density at radius 3 is 2.00 bits per heavy atom. The lowest BCUT2D eigenvalue weighted by Gasteiger charge is -2.32. The molecule has 5 heteroatoms. The maximum Gasteiger partial charge on any atom is 0.494 e. The van der Waals surface area contributed by atoms with Crippen LogP contribution in [0.3, 0.4) is 0 Å². The summed E-state index contributed by atoms with van der Waals surface area (Å²) in [6.07, 6.45) is 0. The number of nitrogens with zero attached hydrogens (tertiary/aromatic N) is 2. The van der Waals surface area contributed by atoms with Crippen LogP contribution in [-0.2, 0) is 9.31 Å². The molecule has 208 valence electrons. The summed E-state index contributed by atoms with van der Waals surface area (Å²) in [7, 11) is -0.440. The highest BCUT2D eigenvalue weighted by Crippen LogP contribution is 2.39. The van der Waals surface area contributed by atoms with Gasteiger partial charge in [0, 0.05) is 27.3 Å². The largest absolute Gasteiger partial charge is 0.494 e. The van der Waals surface area contributed by atoms with Crippen molar-refractivity contribution in [2.75, 3.05) is 0 Å². The molecule has 0 unspecified atom stereocenters. The normalized spacial score (nSPS) is 16.0. The summed E-state index contributed by atoms with van der Waals surface area (Å²) in [5.74, 6) is 0. The molecule has 0 radical (unpaired) electrons. The van der Waals surface area contributed by atoms with Crippen LogP contribution >= 0.6 is 0 Å². The van der Waals surface area contributed by atoms with Crippen LogP contribution in [0.15, 0.2) is 115 Å². The van der Waals surface area contributed by atoms with E-state index in [0.29, 0.717) is 0 Å². The Labute approximate surface area is 251 Å². The van der Waals surface area contributed by atoms with Gasteiger partial charge >= 0.3 is 7.12 Å². The Kier molecular flexibility index (Phi) is 5.74. The van der Waals surface area contributed by atoms with Crippen LogP contribution in [-0.4, -0.2) is 28.3 Å². The molecule has 43 heavy (non-hydrogen) atoms. The smallest absolute Gasteiger partial charge is 0.399 e. The lowest BCUT2D eigenvalue weighted by Crippen LogP contribution is -2.41. The second-order valence-corrected chi connectivity index (χ2v) is 12.5. The zero-order chi connectivity index (χ0) is 29.3. The standard InChI is InChI=1S/C38H31BN2O2/c1-37(2)38(3,4)43-39(42-37)28-16-19-34-31(23-28)29-17-21-33-30(35(29)36(41-34)25-11-6-5-7-12-25)18-20-32(40-33)27-15-14-24-10-8-9-13-26(24)22-27/h5-23H,1-4H3. The van der Waals surface area contributed by atoms with E-state index in [1.54, 1.807) is 0 Å². The fraction of sp³-hybridized carbons (Fsp3) is 0.158. The van der Waals surface area contributed by atoms with Gasteiger partial charge in [-0.2, -0.15) is 0 Å². The fourth-order valence-electron chi connectivity index (χ4n) is 6.17. The monoisotopic (exact) mass is 558 g/mol. The van der Waals surface area contributed by atoms with Gasteiger partial charge in [-0.25, -0.2) is 9.97 Å². The molecule has 1 saturated heterocycles. The van der Waals surface area contributed by atoms with Crippen molar-refractivity contribution in [2.24, 2.45) is 0 Å². The van der Waals surface area contributed by atoms with Gasteiger partial charge in [-0.15, -0.1) is 0 Å². The molecular formula is C38H31BN2O2. The topological polar surface area (TPSA) is 44.2 Å². The molecule has 0 spiro atoms. The Balaban J connectivity index is 1.34. The predicted molar refractivity (Wildman–Crippen MR) is 179 cm³/mol. The number of benzene rings is 5. The fourth-order valence-corrected chi connectivity index (χ4v) is 6.17. The first-order chi connectivity index (χ1) is 20.8. The van der Waals surface area contributed by atoms with Crippen molar-refractivity contribution >= 4 is 55.9 Å². The molecule has 1 aliphatic rings. The minimum atomic E-state index is -0.440. The number of aromatic nitrogens is 2. The van der Waals surface area contributed by atoms with Gasteiger partial charge in [-0.1, -0.05) is 84.9 Å². The van der Waals surface area contributed by atoms with Gasteiger partial charge in [-0.3, -0.25) is 0 Å². The summed E-state index contributed by atoms with van der Waals surface area (Å²) in [6.45, 7) is 8.34. The Bertz CT molecular complexity index is 2190. The second kappa shape index (κ2) is 9.47. The lowest BCUT2D eigenvalue weighted by molar-refractivity contribution is 0.00578. The summed E-state index contributed by atoms with van der Waals surface area (Å²) < 4.78 is 12.8. The summed E-state index contributed by atoms with van der Waals surface area (Å²) >= 11 is 0. The average molecular weight is 558 g/mol. The molecule has 0 saturated carbocycles. The van der Waals surface area contributed by atoms with Crippen LogP contribution in [0.1, 0.15) is 27.7 Å². The van der Waals surface area contributed by atoms with E-state index < -0.39 is 18.3 Å². The van der Waals surface area contributed by atoms with Crippen LogP contribution in [0.2, 0.25) is 0 Å². The molecule has 0 atom stereocenters. The molecule has 4 nitrogen and oxygen atoms in total. The minimum Gasteiger partial charge on any atom is -0.399 e. The lowest BCUT2D eigenvalue weighted by atomic mass is 9.78. The van der Waals surface area contributed by atoms with E-state index in [1.165, 1.54) is 10.8 Å². The van der Waals surface area contributed by atoms with E-state index in [0.717, 1.165) is 60.6 Å². The van der Waals surface area contributed by atoms with Crippen LogP contribution in [0.25, 0.3) is 65.9 Å². The molecular weight excluding hydrogens is 527 g/mol. The number of rotatable bonds is 3. The third-order valence-corrected chi connectivity index (χ3v) is 9.27. The highest BCUT2D eigenvalue weighted by molar-refractivity contribution is 6.62. The quantitative estimate of drug-likeness (QED) is 0.161. The third-order valence-electron chi connectivity index (χ3n) is 9.27. The number of hydrogen-bond acceptors (Lipinski definition) is 4. The van der Waals surface area contributed by atoms with Crippen LogP contribution in [0.4, 0.5) is 0 Å². The SMILES string of the molecule is CC1(C)OB(c2ccc3nc(-c4ccccc4)c4c5ccc(-c6ccc7ccccc7c6)nc5ccc4c3c2)OC1(C)C. The van der Waals surface area contributed by atoms with Gasteiger partial charge in [0.15, 0.2) is 0 Å². The van der Waals surface area contributed by atoms with E-state index in [1.807, 2.05) is 6.07 Å². The zero-order valence-corrected chi connectivity index (χ0v) is 24.8. The van der Waals surface area contributed by atoms with E-state index in [4.69, 9.17) is 19.3 Å². The third kappa shape index (κ3) is 4.23. The van der Waals surface area contributed by atoms with Gasteiger partial charge in [0.2, 0.25) is 0 Å². The van der Waals surface area contributed by atoms with E-state index in [-0.39, 0.29) is 0 Å². The van der Waals surface area contributed by atoms with Crippen LogP contribution in [0, 0.1) is 0 Å². The number of fused-ring (bicyclic) bond motifs is 6. The van der Waals surface area contributed by atoms with E-state index in [2.05, 4.69) is 137 Å². The van der Waals surface area contributed by atoms with Crippen molar-refractivity contribution in [1.29, 1.82) is 0 Å². The van der Waals surface area contributed by atoms with E-state index in [9.17, 15) is 0 Å². The Hall–Kier alpha value is -4.58. The first-order valence-corrected chi connectivity index (χ1v) is 14.8. The molecule has 0 aliphatic carbocycles. The van der Waals surface area contributed by atoms with Crippen molar-refractivity contribution in [2.45, 2.75) is 38.9 Å². The van der Waals surface area contributed by atoms with Gasteiger partial charge in [0.25, 0.3) is 0 Å². The molecule has 5 aromatic carbocycles. The molecule has 8 rings (SSSR count). The highest BCUT2D eigenvalue weighted by atomic mass is 16.7. The van der Waals surface area contributed by atoms with Crippen LogP contribution in [0.5, 0.6) is 0 Å². The van der Waals surface area contributed by atoms with Crippen molar-refractivity contribution in [3.05, 3.63) is 115 Å². The summed E-state index contributed by atoms with van der Waals surface area (Å²) in [6, 6.07) is 40.4. The van der Waals surface area contributed by atoms with Crippen LogP contribution < -0.4 is 5.46 Å². The molecule has 0 amide bonds. The highest BCUT2D eigenvalue weighted by Gasteiger charge is 2.51. The molecule has 2 aromatic heterocycles. The zero-order valence-electron chi connectivity index (χ0n) is 24.8. The number of pyridine rings is 2. The van der Waals surface area contributed by atoms with Gasteiger partial charge in [-0.05, 0) is 79.6 Å². The van der Waals surface area contributed by atoms with Crippen molar-refractivity contribution < 1.29 is 9.31 Å². The van der Waals surface area contributed by atoms with Crippen molar-refractivity contribution in [3.8, 4) is 22.5 Å². The first-order valence-electron chi connectivity index (χ1n) is 14.8. The Morgan fingerprint density at radius 1 is 0.535 bits per heavy atom. The van der Waals surface area contributed by atoms with Gasteiger partial charge in [0.1, 0.15) is 0 Å². The average Bonchev–Trinajstić information content (AvgIpc) is 3.26. The molecule has 1 fully saturated rings. The van der Waals surface area contributed by atoms with E-state index >= 15 is 0 Å². The molecule has 3 heterocycles. The minimum absolute atomic E-state index is 0.408. The van der Waals surface area contributed by atoms with Gasteiger partial charge < -0.3 is 9.31 Å². The van der Waals surface area contributed by atoms with Crippen molar-refractivity contribution in [1.82, 2.24) is 9.97 Å². The maximum absolute atomic E-state index is 6.40. The summed E-state index contributed by atoms with van der Waals surface area (Å²) in [5, 5.41) is 6.82. The predicted octanol–water partition coefficient (Wildman–Crippen LogP) is 8.72. The molecule has 1 aliphatic heterocycles. The van der Waals surface area contributed by atoms with Crippen molar-refractivity contribution in [3.63, 3.8) is 0 Å². The number of hydrogen-bond donors (Lipinski definition) is 0. The second-order valence-electron chi connectivity index (χ2n) is 12.5. The Morgan fingerprint density at radius 2 is 1.21 bits per heavy atom. The molecule has 0 bridgehead atoms. The summed E-state index contributed by atoms with van der Waals surface area (Å²) in [5.41, 5.74) is 6.15.